The van der Waals surface area contributed by atoms with Gasteiger partial charge in [-0.2, -0.15) is 0 Å². The summed E-state index contributed by atoms with van der Waals surface area (Å²) in [5.41, 5.74) is 3.02. The summed E-state index contributed by atoms with van der Waals surface area (Å²) in [4.78, 5) is 40.3. The van der Waals surface area contributed by atoms with Gasteiger partial charge in [-0.3, -0.25) is 9.59 Å². The largest absolute Gasteiger partial charge is 0.372 e. The number of para-hydroxylation sites is 1. The molecule has 0 aromatic heterocycles. The fraction of sp³-hybridized carbons (Fsp3) is 0.261. The van der Waals surface area contributed by atoms with E-state index in [1.54, 1.807) is 12.1 Å². The van der Waals surface area contributed by atoms with Gasteiger partial charge in [-0.25, -0.2) is 14.1 Å². The molecule has 4 rings (SSSR count). The third-order valence-corrected chi connectivity index (χ3v) is 5.44. The van der Waals surface area contributed by atoms with E-state index in [0.717, 1.165) is 34.8 Å². The summed E-state index contributed by atoms with van der Waals surface area (Å²) >= 11 is 0. The summed E-state index contributed by atoms with van der Waals surface area (Å²) < 4.78 is 13.7. The Morgan fingerprint density at radius 3 is 2.61 bits per heavy atom. The molecule has 2 saturated heterocycles. The Balaban J connectivity index is 1.45. The molecule has 0 unspecified atom stereocenters. The highest BCUT2D eigenvalue weighted by atomic mass is 19.1. The molecule has 0 saturated carbocycles. The molecule has 7 nitrogen and oxygen atoms in total. The monoisotopic (exact) mass is 422 g/mol. The minimum atomic E-state index is -0.689. The smallest absolute Gasteiger partial charge is 0.329 e. The first-order valence-electron chi connectivity index (χ1n) is 10.2. The van der Waals surface area contributed by atoms with Gasteiger partial charge in [0.1, 0.15) is 18.1 Å². The zero-order valence-electron chi connectivity index (χ0n) is 17.2. The van der Waals surface area contributed by atoms with Gasteiger partial charge >= 0.3 is 6.03 Å². The second-order valence-corrected chi connectivity index (χ2v) is 7.64. The minimum Gasteiger partial charge on any atom is -0.372 e. The quantitative estimate of drug-likeness (QED) is 0.573. The van der Waals surface area contributed by atoms with Gasteiger partial charge in [0.25, 0.3) is 5.91 Å². The van der Waals surface area contributed by atoms with Crippen LogP contribution in [0.5, 0.6) is 0 Å². The van der Waals surface area contributed by atoms with E-state index >= 15 is 0 Å². The molecule has 31 heavy (non-hydrogen) atoms. The zero-order chi connectivity index (χ0) is 22.0. The Morgan fingerprint density at radius 1 is 1.16 bits per heavy atom. The molecule has 0 spiro atoms. The lowest BCUT2D eigenvalue weighted by Crippen LogP contribution is -2.38. The first kappa shape index (κ1) is 20.6. The van der Waals surface area contributed by atoms with E-state index < -0.39 is 30.2 Å². The van der Waals surface area contributed by atoms with Crippen molar-refractivity contribution >= 4 is 35.3 Å². The van der Waals surface area contributed by atoms with Crippen LogP contribution in [-0.2, 0) is 9.59 Å². The highest BCUT2D eigenvalue weighted by Gasteiger charge is 2.35. The van der Waals surface area contributed by atoms with Crippen LogP contribution in [0, 0.1) is 12.7 Å². The lowest BCUT2D eigenvalue weighted by molar-refractivity contribution is -0.127. The van der Waals surface area contributed by atoms with Gasteiger partial charge < -0.3 is 15.5 Å². The first-order valence-corrected chi connectivity index (χ1v) is 10.2. The van der Waals surface area contributed by atoms with E-state index in [1.165, 1.54) is 31.0 Å². The lowest BCUT2D eigenvalue weighted by atomic mass is 10.1. The molecule has 2 fully saturated rings. The fourth-order valence-electron chi connectivity index (χ4n) is 3.76. The van der Waals surface area contributed by atoms with Crippen molar-refractivity contribution in [3.05, 3.63) is 65.1 Å². The van der Waals surface area contributed by atoms with Crippen LogP contribution in [0.1, 0.15) is 24.0 Å². The van der Waals surface area contributed by atoms with Crippen LogP contribution in [0.2, 0.25) is 0 Å². The number of nitrogens with zero attached hydrogens (tertiary/aromatic N) is 2. The number of aryl methyl sites for hydroxylation is 1. The molecule has 0 atom stereocenters. The molecule has 8 heteroatoms. The Kier molecular flexibility index (Phi) is 5.70. The average Bonchev–Trinajstić information content (AvgIpc) is 3.36. The predicted molar refractivity (Wildman–Crippen MR) is 116 cm³/mol. The minimum absolute atomic E-state index is 0.0102. The summed E-state index contributed by atoms with van der Waals surface area (Å²) in [6.07, 6.45) is 3.98. The van der Waals surface area contributed by atoms with Crippen molar-refractivity contribution in [2.24, 2.45) is 0 Å². The maximum absolute atomic E-state index is 13.7. The van der Waals surface area contributed by atoms with E-state index in [0.29, 0.717) is 0 Å². The number of amides is 4. The second kappa shape index (κ2) is 8.59. The number of anilines is 2. The summed E-state index contributed by atoms with van der Waals surface area (Å²) in [6, 6.07) is 11.0. The molecular weight excluding hydrogens is 399 g/mol. The Bertz CT molecular complexity index is 1080. The molecule has 2 N–H and O–H groups in total. The molecule has 2 aliphatic heterocycles. The van der Waals surface area contributed by atoms with Crippen LogP contribution in [0.4, 0.5) is 20.6 Å². The molecule has 2 aliphatic rings. The number of carbonyl (C=O) groups is 3. The number of benzene rings is 2. The van der Waals surface area contributed by atoms with Gasteiger partial charge in [-0.05, 0) is 61.2 Å². The molecule has 2 heterocycles. The topological polar surface area (TPSA) is 81.8 Å². The first-order chi connectivity index (χ1) is 14.9. The highest BCUT2D eigenvalue weighted by molar-refractivity contribution is 6.16. The lowest BCUT2D eigenvalue weighted by Gasteiger charge is -2.18. The molecule has 4 amide bonds. The maximum atomic E-state index is 13.7. The highest BCUT2D eigenvalue weighted by Crippen LogP contribution is 2.25. The number of halogens is 1. The Labute approximate surface area is 179 Å². The molecule has 0 radical (unpaired) electrons. The van der Waals surface area contributed by atoms with Gasteiger partial charge in [-0.1, -0.05) is 18.2 Å². The normalized spacial score (nSPS) is 17.4. The van der Waals surface area contributed by atoms with Gasteiger partial charge in [0, 0.05) is 18.8 Å². The second-order valence-electron chi connectivity index (χ2n) is 7.64. The fourth-order valence-corrected chi connectivity index (χ4v) is 3.76. The van der Waals surface area contributed by atoms with Crippen LogP contribution in [0.15, 0.2) is 48.2 Å². The van der Waals surface area contributed by atoms with Crippen molar-refractivity contribution in [3.8, 4) is 0 Å². The number of hydrogen-bond acceptors (Lipinski definition) is 4. The van der Waals surface area contributed by atoms with Crippen molar-refractivity contribution < 1.29 is 18.8 Å². The average molecular weight is 422 g/mol. The van der Waals surface area contributed by atoms with Crippen LogP contribution in [-0.4, -0.2) is 42.4 Å². The number of imide groups is 1. The van der Waals surface area contributed by atoms with Crippen molar-refractivity contribution in [2.45, 2.75) is 19.8 Å². The van der Waals surface area contributed by atoms with Gasteiger partial charge in [0.05, 0.1) is 5.69 Å². The van der Waals surface area contributed by atoms with E-state index in [1.807, 2.05) is 19.1 Å². The number of rotatable bonds is 5. The SMILES string of the molecule is Cc1cc(N2CCCC2)ccc1/C=C1\NC(=O)N(CC(=O)Nc2ccccc2F)C1=O. The molecule has 0 bridgehead atoms. The summed E-state index contributed by atoms with van der Waals surface area (Å²) in [5, 5.41) is 4.89. The Hall–Kier alpha value is -3.68. The predicted octanol–water partition coefficient (Wildman–Crippen LogP) is 3.27. The summed E-state index contributed by atoms with van der Waals surface area (Å²) in [7, 11) is 0. The molecule has 0 aliphatic carbocycles. The van der Waals surface area contributed by atoms with Crippen LogP contribution < -0.4 is 15.5 Å². The van der Waals surface area contributed by atoms with E-state index in [9.17, 15) is 18.8 Å². The van der Waals surface area contributed by atoms with Crippen molar-refractivity contribution in [3.63, 3.8) is 0 Å². The van der Waals surface area contributed by atoms with Crippen LogP contribution in [0.3, 0.4) is 0 Å². The molecular formula is C23H23FN4O3. The van der Waals surface area contributed by atoms with Gasteiger partial charge in [-0.15, -0.1) is 0 Å². The number of carbonyl (C=O) groups excluding carboxylic acids is 3. The molecule has 2 aromatic carbocycles. The number of urea groups is 1. The van der Waals surface area contributed by atoms with Crippen LogP contribution >= 0.6 is 0 Å². The third kappa shape index (κ3) is 4.42. The molecule has 2 aromatic rings. The van der Waals surface area contributed by atoms with Crippen LogP contribution in [0.25, 0.3) is 6.08 Å². The van der Waals surface area contributed by atoms with E-state index in [2.05, 4.69) is 21.6 Å². The van der Waals surface area contributed by atoms with E-state index in [-0.39, 0.29) is 11.4 Å². The number of nitrogens with one attached hydrogen (secondary N) is 2. The van der Waals surface area contributed by atoms with Gasteiger partial charge in [0.2, 0.25) is 5.91 Å². The van der Waals surface area contributed by atoms with Gasteiger partial charge in [0.15, 0.2) is 0 Å². The van der Waals surface area contributed by atoms with Crippen molar-refractivity contribution in [1.29, 1.82) is 0 Å². The standard InChI is InChI=1S/C23H23FN4O3/c1-15-12-17(27-10-4-5-11-27)9-8-16(15)13-20-22(30)28(23(31)26-20)14-21(29)25-19-7-3-2-6-18(19)24/h2-3,6-9,12-13H,4-5,10-11,14H2,1H3,(H,25,29)(H,26,31)/b20-13-. The number of hydrogen-bond donors (Lipinski definition) is 2. The van der Waals surface area contributed by atoms with Crippen molar-refractivity contribution in [1.82, 2.24) is 10.2 Å². The summed E-state index contributed by atoms with van der Waals surface area (Å²) in [6.45, 7) is 3.52. The van der Waals surface area contributed by atoms with E-state index in [4.69, 9.17) is 0 Å². The Morgan fingerprint density at radius 2 is 1.90 bits per heavy atom. The maximum Gasteiger partial charge on any atom is 0.329 e. The third-order valence-electron chi connectivity index (χ3n) is 5.44. The zero-order valence-corrected chi connectivity index (χ0v) is 17.2. The molecule has 160 valence electrons. The summed E-state index contributed by atoms with van der Waals surface area (Å²) in [5.74, 6) is -1.86. The van der Waals surface area contributed by atoms with Crippen molar-refractivity contribution in [2.75, 3.05) is 29.9 Å².